The summed E-state index contributed by atoms with van der Waals surface area (Å²) in [6.45, 7) is 3.98. The quantitative estimate of drug-likeness (QED) is 0.876. The highest BCUT2D eigenvalue weighted by molar-refractivity contribution is 5.92. The van der Waals surface area contributed by atoms with Gasteiger partial charge in [0.1, 0.15) is 11.5 Å². The summed E-state index contributed by atoms with van der Waals surface area (Å²) in [6.07, 6.45) is 9.24. The second kappa shape index (κ2) is 6.41. The average Bonchev–Trinajstić information content (AvgIpc) is 3.12. The lowest BCUT2D eigenvalue weighted by Crippen LogP contribution is -2.37. The zero-order valence-corrected chi connectivity index (χ0v) is 13.5. The molecule has 0 spiro atoms. The lowest BCUT2D eigenvalue weighted by atomic mass is 9.83. The number of fused-ring (bicyclic) bond motifs is 1. The number of aliphatic hydroxyl groups excluding tert-OH is 1. The van der Waals surface area contributed by atoms with Crippen LogP contribution in [-0.2, 0) is 13.0 Å². The van der Waals surface area contributed by atoms with Gasteiger partial charge in [0, 0.05) is 26.1 Å². The molecular formula is C17H27N3O2. The molecule has 1 aromatic rings. The molecule has 2 heterocycles. The van der Waals surface area contributed by atoms with Crippen LogP contribution in [0.25, 0.3) is 0 Å². The molecule has 122 valence electrons. The van der Waals surface area contributed by atoms with Crippen LogP contribution in [0.4, 0.5) is 0 Å². The third kappa shape index (κ3) is 3.05. The van der Waals surface area contributed by atoms with Gasteiger partial charge in [-0.25, -0.2) is 4.98 Å². The number of hydrogen-bond donors (Lipinski definition) is 2. The number of rotatable bonds is 5. The molecule has 2 N–H and O–H groups in total. The Bertz CT molecular complexity index is 532. The maximum atomic E-state index is 12.6. The topological polar surface area (TPSA) is 67.2 Å². The van der Waals surface area contributed by atoms with Crippen molar-refractivity contribution < 1.29 is 9.90 Å². The summed E-state index contributed by atoms with van der Waals surface area (Å²) in [5, 5.41) is 12.4. The second-order valence-corrected chi connectivity index (χ2v) is 7.18. The molecule has 3 rings (SSSR count). The number of aryl methyl sites for hydroxylation is 1. The summed E-state index contributed by atoms with van der Waals surface area (Å²) < 4.78 is 2.08. The number of carbonyl (C=O) groups excluding carboxylic acids is 1. The minimum absolute atomic E-state index is 0.0166. The molecule has 2 aliphatic rings. The Morgan fingerprint density at radius 3 is 3.00 bits per heavy atom. The minimum Gasteiger partial charge on any atom is -0.396 e. The zero-order chi connectivity index (χ0) is 15.6. The van der Waals surface area contributed by atoms with Gasteiger partial charge in [-0.1, -0.05) is 19.8 Å². The molecule has 1 aliphatic carbocycles. The van der Waals surface area contributed by atoms with Crippen LogP contribution in [0.2, 0.25) is 0 Å². The molecule has 1 aliphatic heterocycles. The number of nitrogens with zero attached hydrogens (tertiary/aromatic N) is 2. The van der Waals surface area contributed by atoms with E-state index in [1.165, 1.54) is 12.8 Å². The molecule has 0 aromatic carbocycles. The number of hydrogen-bond acceptors (Lipinski definition) is 3. The van der Waals surface area contributed by atoms with Crippen LogP contribution in [0.1, 0.15) is 61.8 Å². The van der Waals surface area contributed by atoms with Crippen molar-refractivity contribution in [2.24, 2.45) is 11.3 Å². The van der Waals surface area contributed by atoms with E-state index < -0.39 is 0 Å². The van der Waals surface area contributed by atoms with Crippen molar-refractivity contribution >= 4 is 5.91 Å². The first-order chi connectivity index (χ1) is 10.6. The minimum atomic E-state index is -0.0166. The number of nitrogens with one attached hydrogen (secondary N) is 1. The standard InChI is InChI=1S/C17H27N3O2/c1-13-4-5-15-18-10-14(20(15)11-13)16(22)19-12-17(8-9-21)6-2-3-7-17/h10,13,21H,2-9,11-12H2,1H3,(H,19,22). The maximum Gasteiger partial charge on any atom is 0.269 e. The SMILES string of the molecule is CC1CCc2ncc(C(=O)NCC3(CCO)CCCC3)n2C1. The van der Waals surface area contributed by atoms with E-state index in [9.17, 15) is 9.90 Å². The molecule has 1 amide bonds. The van der Waals surface area contributed by atoms with Gasteiger partial charge in [-0.15, -0.1) is 0 Å². The molecule has 1 fully saturated rings. The van der Waals surface area contributed by atoms with Crippen molar-refractivity contribution in [3.8, 4) is 0 Å². The Morgan fingerprint density at radius 1 is 1.50 bits per heavy atom. The van der Waals surface area contributed by atoms with E-state index in [1.54, 1.807) is 6.20 Å². The smallest absolute Gasteiger partial charge is 0.269 e. The molecule has 0 bridgehead atoms. The van der Waals surface area contributed by atoms with E-state index >= 15 is 0 Å². The van der Waals surface area contributed by atoms with Crippen molar-refractivity contribution in [1.29, 1.82) is 0 Å². The van der Waals surface area contributed by atoms with Crippen LogP contribution in [-0.4, -0.2) is 33.7 Å². The van der Waals surface area contributed by atoms with Crippen LogP contribution in [0.15, 0.2) is 6.20 Å². The predicted molar refractivity (Wildman–Crippen MR) is 84.6 cm³/mol. The Morgan fingerprint density at radius 2 is 2.27 bits per heavy atom. The fraction of sp³-hybridized carbons (Fsp3) is 0.765. The summed E-state index contributed by atoms with van der Waals surface area (Å²) in [6, 6.07) is 0. The van der Waals surface area contributed by atoms with Gasteiger partial charge in [-0.05, 0) is 37.0 Å². The second-order valence-electron chi connectivity index (χ2n) is 7.18. The first-order valence-corrected chi connectivity index (χ1v) is 8.57. The molecule has 0 saturated heterocycles. The molecule has 22 heavy (non-hydrogen) atoms. The van der Waals surface area contributed by atoms with E-state index in [2.05, 4.69) is 21.8 Å². The third-order valence-corrected chi connectivity index (χ3v) is 5.46. The van der Waals surface area contributed by atoms with Gasteiger partial charge in [0.25, 0.3) is 5.91 Å². The molecule has 1 saturated carbocycles. The van der Waals surface area contributed by atoms with Crippen LogP contribution in [0, 0.1) is 11.3 Å². The first kappa shape index (κ1) is 15.5. The largest absolute Gasteiger partial charge is 0.396 e. The summed E-state index contributed by atoms with van der Waals surface area (Å²) in [4.78, 5) is 17.0. The molecular weight excluding hydrogens is 278 g/mol. The summed E-state index contributed by atoms with van der Waals surface area (Å²) in [5.41, 5.74) is 0.793. The zero-order valence-electron chi connectivity index (χ0n) is 13.5. The number of aromatic nitrogens is 2. The van der Waals surface area contributed by atoms with Gasteiger partial charge in [0.15, 0.2) is 0 Å². The first-order valence-electron chi connectivity index (χ1n) is 8.57. The average molecular weight is 305 g/mol. The molecule has 1 unspecified atom stereocenters. The van der Waals surface area contributed by atoms with Crippen LogP contribution < -0.4 is 5.32 Å². The lowest BCUT2D eigenvalue weighted by Gasteiger charge is -2.28. The van der Waals surface area contributed by atoms with Gasteiger partial charge < -0.3 is 15.0 Å². The highest BCUT2D eigenvalue weighted by Crippen LogP contribution is 2.40. The van der Waals surface area contributed by atoms with Gasteiger partial charge in [0.05, 0.1) is 6.20 Å². The van der Waals surface area contributed by atoms with Crippen LogP contribution >= 0.6 is 0 Å². The van der Waals surface area contributed by atoms with E-state index in [0.29, 0.717) is 18.2 Å². The number of carbonyl (C=O) groups is 1. The van der Waals surface area contributed by atoms with Gasteiger partial charge >= 0.3 is 0 Å². The Kier molecular flexibility index (Phi) is 4.52. The Labute approximate surface area is 132 Å². The molecule has 0 radical (unpaired) electrons. The van der Waals surface area contributed by atoms with Gasteiger partial charge in [-0.2, -0.15) is 0 Å². The van der Waals surface area contributed by atoms with Gasteiger partial charge in [0.2, 0.25) is 0 Å². The molecule has 5 nitrogen and oxygen atoms in total. The fourth-order valence-corrected chi connectivity index (χ4v) is 4.01. The highest BCUT2D eigenvalue weighted by atomic mass is 16.3. The third-order valence-electron chi connectivity index (χ3n) is 5.46. The van der Waals surface area contributed by atoms with Crippen molar-refractivity contribution in [3.05, 3.63) is 17.7 Å². The highest BCUT2D eigenvalue weighted by Gasteiger charge is 2.34. The lowest BCUT2D eigenvalue weighted by molar-refractivity contribution is 0.0905. The predicted octanol–water partition coefficient (Wildman–Crippen LogP) is 2.14. The van der Waals surface area contributed by atoms with E-state index in [-0.39, 0.29) is 17.9 Å². The molecule has 1 atom stereocenters. The van der Waals surface area contributed by atoms with E-state index in [1.807, 2.05) is 0 Å². The summed E-state index contributed by atoms with van der Waals surface area (Å²) in [7, 11) is 0. The van der Waals surface area contributed by atoms with E-state index in [0.717, 1.165) is 44.5 Å². The normalized spacial score (nSPS) is 23.3. The van der Waals surface area contributed by atoms with Crippen LogP contribution in [0.5, 0.6) is 0 Å². The van der Waals surface area contributed by atoms with Gasteiger partial charge in [-0.3, -0.25) is 4.79 Å². The maximum absolute atomic E-state index is 12.6. The molecule has 5 heteroatoms. The summed E-state index contributed by atoms with van der Waals surface area (Å²) >= 11 is 0. The number of aliphatic hydroxyl groups is 1. The number of amides is 1. The Hall–Kier alpha value is -1.36. The van der Waals surface area contributed by atoms with E-state index in [4.69, 9.17) is 0 Å². The van der Waals surface area contributed by atoms with Crippen molar-refractivity contribution in [1.82, 2.24) is 14.9 Å². The Balaban J connectivity index is 1.66. The fourth-order valence-electron chi connectivity index (χ4n) is 4.01. The summed E-state index contributed by atoms with van der Waals surface area (Å²) in [5.74, 6) is 1.62. The number of imidazole rings is 1. The van der Waals surface area contributed by atoms with Crippen molar-refractivity contribution in [2.75, 3.05) is 13.2 Å². The van der Waals surface area contributed by atoms with Crippen molar-refractivity contribution in [2.45, 2.75) is 58.4 Å². The molecule has 1 aromatic heterocycles. The monoisotopic (exact) mass is 305 g/mol. The van der Waals surface area contributed by atoms with Crippen LogP contribution in [0.3, 0.4) is 0 Å². The van der Waals surface area contributed by atoms with Crippen molar-refractivity contribution in [3.63, 3.8) is 0 Å².